The Kier molecular flexibility index (Phi) is 4.38. The third-order valence-electron chi connectivity index (χ3n) is 3.75. The number of hydrogen-bond acceptors (Lipinski definition) is 5. The number of hydrogen-bond donors (Lipinski definition) is 2. The van der Waals surface area contributed by atoms with Gasteiger partial charge in [-0.2, -0.15) is 0 Å². The second-order valence-electron chi connectivity index (χ2n) is 5.74. The molecule has 0 aliphatic rings. The first kappa shape index (κ1) is 16.5. The normalized spacial score (nSPS) is 10.6. The van der Waals surface area contributed by atoms with E-state index in [0.29, 0.717) is 17.0 Å². The second kappa shape index (κ2) is 6.64. The molecule has 0 spiro atoms. The molecule has 0 unspecified atom stereocenters. The van der Waals surface area contributed by atoms with Crippen LogP contribution in [-0.2, 0) is 11.3 Å². The lowest BCUT2D eigenvalue weighted by atomic mass is 10.2. The van der Waals surface area contributed by atoms with Gasteiger partial charge in [0.05, 0.1) is 11.1 Å². The number of phenolic OH excluding ortho intramolecular Hbond substituents is 2. The molecule has 25 heavy (non-hydrogen) atoms. The average molecular weight is 338 g/mol. The molecular formula is C18H18N4O3. The van der Waals surface area contributed by atoms with Gasteiger partial charge in [-0.3, -0.25) is 4.79 Å². The van der Waals surface area contributed by atoms with Crippen molar-refractivity contribution in [3.63, 3.8) is 0 Å². The van der Waals surface area contributed by atoms with Crippen molar-refractivity contribution >= 4 is 5.91 Å². The van der Waals surface area contributed by atoms with Crippen LogP contribution in [0.1, 0.15) is 0 Å². The summed E-state index contributed by atoms with van der Waals surface area (Å²) in [7, 11) is 3.31. The SMILES string of the molecule is CN(C)C(=O)Cn1nc(-c2ccccc2O)nc1-c1ccccc1O. The summed E-state index contributed by atoms with van der Waals surface area (Å²) in [5.41, 5.74) is 0.915. The smallest absolute Gasteiger partial charge is 0.243 e. The van der Waals surface area contributed by atoms with Crippen LogP contribution in [0.15, 0.2) is 48.5 Å². The molecule has 7 heteroatoms. The van der Waals surface area contributed by atoms with E-state index in [-0.39, 0.29) is 29.8 Å². The number of aromatic nitrogens is 3. The summed E-state index contributed by atoms with van der Waals surface area (Å²) in [6.45, 7) is -0.0305. The zero-order chi connectivity index (χ0) is 18.0. The van der Waals surface area contributed by atoms with Crippen molar-refractivity contribution in [3.8, 4) is 34.3 Å². The molecule has 0 fully saturated rings. The van der Waals surface area contributed by atoms with E-state index in [9.17, 15) is 15.0 Å². The minimum atomic E-state index is -0.162. The van der Waals surface area contributed by atoms with E-state index >= 15 is 0 Å². The summed E-state index contributed by atoms with van der Waals surface area (Å²) in [5, 5.41) is 24.6. The van der Waals surface area contributed by atoms with Crippen LogP contribution in [0.3, 0.4) is 0 Å². The molecule has 0 aliphatic carbocycles. The van der Waals surface area contributed by atoms with Crippen LogP contribution in [0, 0.1) is 0 Å². The van der Waals surface area contributed by atoms with Crippen LogP contribution in [0.4, 0.5) is 0 Å². The Morgan fingerprint density at radius 2 is 1.56 bits per heavy atom. The van der Waals surface area contributed by atoms with Gasteiger partial charge in [0.25, 0.3) is 0 Å². The van der Waals surface area contributed by atoms with Crippen LogP contribution >= 0.6 is 0 Å². The minimum absolute atomic E-state index is 0.0305. The standard InChI is InChI=1S/C18H18N4O3/c1-21(2)16(25)11-22-18(13-8-4-6-10-15(13)24)19-17(20-22)12-7-3-5-9-14(12)23/h3-10,23-24H,11H2,1-2H3. The molecule has 3 aromatic rings. The quantitative estimate of drug-likeness (QED) is 0.760. The maximum Gasteiger partial charge on any atom is 0.243 e. The van der Waals surface area contributed by atoms with Crippen LogP contribution in [-0.4, -0.2) is 49.9 Å². The van der Waals surface area contributed by atoms with Crippen molar-refractivity contribution in [1.82, 2.24) is 19.7 Å². The molecule has 1 aromatic heterocycles. The molecule has 0 saturated heterocycles. The minimum Gasteiger partial charge on any atom is -0.507 e. The zero-order valence-corrected chi connectivity index (χ0v) is 13.9. The van der Waals surface area contributed by atoms with Crippen LogP contribution < -0.4 is 0 Å². The summed E-state index contributed by atoms with van der Waals surface area (Å²) < 4.78 is 1.43. The lowest BCUT2D eigenvalue weighted by molar-refractivity contribution is -0.129. The number of likely N-dealkylation sites (N-methyl/N-ethyl adjacent to an activating group) is 1. The number of aromatic hydroxyl groups is 2. The Bertz CT molecular complexity index is 918. The van der Waals surface area contributed by atoms with E-state index in [1.807, 2.05) is 0 Å². The lowest BCUT2D eigenvalue weighted by Crippen LogP contribution is -2.27. The van der Waals surface area contributed by atoms with Crippen LogP contribution in [0.25, 0.3) is 22.8 Å². The number of phenols is 2. The highest BCUT2D eigenvalue weighted by Crippen LogP contribution is 2.31. The van der Waals surface area contributed by atoms with Gasteiger partial charge >= 0.3 is 0 Å². The fourth-order valence-electron chi connectivity index (χ4n) is 2.36. The highest BCUT2D eigenvalue weighted by Gasteiger charge is 2.19. The van der Waals surface area contributed by atoms with E-state index in [0.717, 1.165) is 0 Å². The van der Waals surface area contributed by atoms with Crippen molar-refractivity contribution in [1.29, 1.82) is 0 Å². The molecule has 128 valence electrons. The molecule has 0 bridgehead atoms. The first-order chi connectivity index (χ1) is 12.0. The maximum absolute atomic E-state index is 12.1. The van der Waals surface area contributed by atoms with Gasteiger partial charge in [0.1, 0.15) is 18.0 Å². The topological polar surface area (TPSA) is 91.5 Å². The highest BCUT2D eigenvalue weighted by atomic mass is 16.3. The monoisotopic (exact) mass is 338 g/mol. The zero-order valence-electron chi connectivity index (χ0n) is 13.9. The third kappa shape index (κ3) is 3.30. The number of carbonyl (C=O) groups is 1. The van der Waals surface area contributed by atoms with Crippen LogP contribution in [0.2, 0.25) is 0 Å². The number of nitrogens with zero attached hydrogens (tertiary/aromatic N) is 4. The van der Waals surface area contributed by atoms with Crippen molar-refractivity contribution in [2.75, 3.05) is 14.1 Å². The average Bonchev–Trinajstić information content (AvgIpc) is 2.99. The van der Waals surface area contributed by atoms with Crippen LogP contribution in [0.5, 0.6) is 11.5 Å². The molecule has 3 rings (SSSR count). The Hall–Kier alpha value is -3.35. The molecule has 7 nitrogen and oxygen atoms in total. The molecule has 2 aromatic carbocycles. The van der Waals surface area contributed by atoms with Crippen molar-refractivity contribution in [2.24, 2.45) is 0 Å². The van der Waals surface area contributed by atoms with E-state index < -0.39 is 0 Å². The predicted octanol–water partition coefficient (Wildman–Crippen LogP) is 2.11. The number of para-hydroxylation sites is 2. The number of carbonyl (C=O) groups excluding carboxylic acids is 1. The first-order valence-corrected chi connectivity index (χ1v) is 7.69. The van der Waals surface area contributed by atoms with Gasteiger partial charge in [-0.1, -0.05) is 24.3 Å². The van der Waals surface area contributed by atoms with E-state index in [1.165, 1.54) is 9.58 Å². The fraction of sp³-hybridized carbons (Fsp3) is 0.167. The predicted molar refractivity (Wildman–Crippen MR) is 92.9 cm³/mol. The summed E-state index contributed by atoms with van der Waals surface area (Å²) in [4.78, 5) is 18.0. The third-order valence-corrected chi connectivity index (χ3v) is 3.75. The van der Waals surface area contributed by atoms with Gasteiger partial charge in [0, 0.05) is 14.1 Å². The second-order valence-corrected chi connectivity index (χ2v) is 5.74. The summed E-state index contributed by atoms with van der Waals surface area (Å²) >= 11 is 0. The first-order valence-electron chi connectivity index (χ1n) is 7.69. The van der Waals surface area contributed by atoms with Crippen molar-refractivity contribution in [3.05, 3.63) is 48.5 Å². The molecular weight excluding hydrogens is 320 g/mol. The van der Waals surface area contributed by atoms with Crippen molar-refractivity contribution < 1.29 is 15.0 Å². The molecule has 2 N–H and O–H groups in total. The summed E-state index contributed by atoms with van der Waals surface area (Å²) in [6.07, 6.45) is 0. The Labute approximate surface area is 144 Å². The largest absolute Gasteiger partial charge is 0.507 e. The van der Waals surface area contributed by atoms with Gasteiger partial charge in [0.2, 0.25) is 5.91 Å². The molecule has 1 amide bonds. The van der Waals surface area contributed by atoms with Gasteiger partial charge in [-0.15, -0.1) is 5.10 Å². The van der Waals surface area contributed by atoms with Crippen molar-refractivity contribution in [2.45, 2.75) is 6.54 Å². The molecule has 0 aliphatic heterocycles. The van der Waals surface area contributed by atoms with Gasteiger partial charge in [0.15, 0.2) is 11.6 Å². The fourth-order valence-corrected chi connectivity index (χ4v) is 2.36. The Morgan fingerprint density at radius 3 is 2.12 bits per heavy atom. The van der Waals surface area contributed by atoms with Gasteiger partial charge in [-0.05, 0) is 24.3 Å². The van der Waals surface area contributed by atoms with E-state index in [2.05, 4.69) is 10.1 Å². The number of rotatable bonds is 4. The number of amides is 1. The maximum atomic E-state index is 12.1. The summed E-state index contributed by atoms with van der Waals surface area (Å²) in [6, 6.07) is 13.4. The highest BCUT2D eigenvalue weighted by molar-refractivity contribution is 5.77. The number of benzene rings is 2. The molecule has 0 atom stereocenters. The molecule has 0 radical (unpaired) electrons. The summed E-state index contributed by atoms with van der Waals surface area (Å²) in [5.74, 6) is 0.555. The molecule has 1 heterocycles. The Balaban J connectivity index is 2.14. The Morgan fingerprint density at radius 1 is 1.00 bits per heavy atom. The van der Waals surface area contributed by atoms with Gasteiger partial charge < -0.3 is 15.1 Å². The molecule has 0 saturated carbocycles. The van der Waals surface area contributed by atoms with E-state index in [1.54, 1.807) is 62.6 Å². The van der Waals surface area contributed by atoms with Gasteiger partial charge in [-0.25, -0.2) is 9.67 Å². The van der Waals surface area contributed by atoms with E-state index in [4.69, 9.17) is 0 Å². The lowest BCUT2D eigenvalue weighted by Gasteiger charge is -2.11.